The third-order valence-electron chi connectivity index (χ3n) is 3.58. The van der Waals surface area contributed by atoms with E-state index in [0.29, 0.717) is 0 Å². The summed E-state index contributed by atoms with van der Waals surface area (Å²) < 4.78 is 5.34. The highest BCUT2D eigenvalue weighted by Crippen LogP contribution is 1.98. The minimum atomic E-state index is 0.805. The van der Waals surface area contributed by atoms with Crippen LogP contribution < -0.4 is 5.32 Å². The van der Waals surface area contributed by atoms with E-state index in [1.54, 1.807) is 0 Å². The fraction of sp³-hybridized carbons (Fsp3) is 0.600. The van der Waals surface area contributed by atoms with Crippen LogP contribution in [0.15, 0.2) is 24.4 Å². The zero-order chi connectivity index (χ0) is 14.9. The Morgan fingerprint density at radius 3 is 2.95 bits per heavy atom. The smallest absolute Gasteiger partial charge is 0.168 e. The average Bonchev–Trinajstić information content (AvgIpc) is 2.54. The molecule has 0 aromatic carbocycles. The van der Waals surface area contributed by atoms with Crippen LogP contribution in [0.4, 0.5) is 0 Å². The maximum atomic E-state index is 5.41. The molecule has 1 aliphatic heterocycles. The molecule has 0 radical (unpaired) electrons. The summed E-state index contributed by atoms with van der Waals surface area (Å²) in [4.78, 5) is 8.79. The van der Waals surface area contributed by atoms with Crippen LogP contribution in [-0.4, -0.2) is 72.9 Å². The first kappa shape index (κ1) is 16.1. The van der Waals surface area contributed by atoms with Gasteiger partial charge in [-0.1, -0.05) is 6.07 Å². The van der Waals surface area contributed by atoms with E-state index >= 15 is 0 Å². The maximum absolute atomic E-state index is 5.41. The van der Waals surface area contributed by atoms with Gasteiger partial charge in [-0.15, -0.1) is 0 Å². The molecule has 0 unspecified atom stereocenters. The van der Waals surface area contributed by atoms with Crippen molar-refractivity contribution in [1.82, 2.24) is 20.1 Å². The van der Waals surface area contributed by atoms with Gasteiger partial charge in [0, 0.05) is 58.1 Å². The summed E-state index contributed by atoms with van der Waals surface area (Å²) in [5.41, 5.74) is 1.10. The van der Waals surface area contributed by atoms with Crippen molar-refractivity contribution in [3.8, 4) is 0 Å². The first-order chi connectivity index (χ1) is 10.3. The molecule has 1 aromatic rings. The molecule has 116 valence electrons. The molecule has 1 N–H and O–H groups in total. The van der Waals surface area contributed by atoms with Gasteiger partial charge in [0.05, 0.1) is 13.2 Å². The minimum absolute atomic E-state index is 0.805. The largest absolute Gasteiger partial charge is 0.379 e. The zero-order valence-corrected chi connectivity index (χ0v) is 13.4. The van der Waals surface area contributed by atoms with Crippen molar-refractivity contribution >= 4 is 17.3 Å². The minimum Gasteiger partial charge on any atom is -0.379 e. The second-order valence-electron chi connectivity index (χ2n) is 5.18. The Morgan fingerprint density at radius 2 is 2.24 bits per heavy atom. The van der Waals surface area contributed by atoms with Gasteiger partial charge in [0.2, 0.25) is 0 Å². The van der Waals surface area contributed by atoms with Gasteiger partial charge in [-0.25, -0.2) is 0 Å². The van der Waals surface area contributed by atoms with Crippen molar-refractivity contribution in [2.24, 2.45) is 0 Å². The van der Waals surface area contributed by atoms with Crippen LogP contribution in [0.3, 0.4) is 0 Å². The Hall–Kier alpha value is -1.24. The molecule has 2 heterocycles. The van der Waals surface area contributed by atoms with Gasteiger partial charge in [-0.05, 0) is 24.4 Å². The first-order valence-electron chi connectivity index (χ1n) is 7.44. The molecule has 1 aliphatic rings. The molecule has 21 heavy (non-hydrogen) atoms. The van der Waals surface area contributed by atoms with E-state index in [-0.39, 0.29) is 0 Å². The topological polar surface area (TPSA) is 40.6 Å². The van der Waals surface area contributed by atoms with Crippen molar-refractivity contribution in [1.29, 1.82) is 0 Å². The molecule has 0 spiro atoms. The summed E-state index contributed by atoms with van der Waals surface area (Å²) in [6.07, 6.45) is 2.73. The Kier molecular flexibility index (Phi) is 6.85. The van der Waals surface area contributed by atoms with Crippen molar-refractivity contribution in [2.75, 3.05) is 53.0 Å². The Balaban J connectivity index is 1.60. The number of likely N-dealkylation sites (N-methyl/N-ethyl adjacent to an activating group) is 1. The molecule has 1 saturated heterocycles. The summed E-state index contributed by atoms with van der Waals surface area (Å²) in [5.74, 6) is 0. The summed E-state index contributed by atoms with van der Waals surface area (Å²) in [6, 6.07) is 6.00. The predicted molar refractivity (Wildman–Crippen MR) is 88.4 cm³/mol. The van der Waals surface area contributed by atoms with Crippen LogP contribution in [0.25, 0.3) is 0 Å². The van der Waals surface area contributed by atoms with Gasteiger partial charge in [-0.3, -0.25) is 9.88 Å². The molecule has 0 bridgehead atoms. The number of ether oxygens (including phenoxy) is 1. The molecule has 1 aromatic heterocycles. The van der Waals surface area contributed by atoms with Crippen LogP contribution in [0.2, 0.25) is 0 Å². The summed E-state index contributed by atoms with van der Waals surface area (Å²) in [6.45, 7) is 6.49. The standard InChI is InChI=1S/C15H24N4OS/c1-18(8-5-14-4-2-3-6-16-14)15(21)17-7-9-19-10-12-20-13-11-19/h2-4,6H,5,7-13H2,1H3,(H,17,21). The average molecular weight is 308 g/mol. The third-order valence-corrected chi connectivity index (χ3v) is 4.04. The Morgan fingerprint density at radius 1 is 1.43 bits per heavy atom. The van der Waals surface area contributed by atoms with Crippen LogP contribution >= 0.6 is 12.2 Å². The fourth-order valence-corrected chi connectivity index (χ4v) is 2.40. The number of pyridine rings is 1. The SMILES string of the molecule is CN(CCc1ccccn1)C(=S)NCCN1CCOCC1. The van der Waals surface area contributed by atoms with Crippen molar-refractivity contribution in [3.63, 3.8) is 0 Å². The van der Waals surface area contributed by atoms with E-state index < -0.39 is 0 Å². The van der Waals surface area contributed by atoms with Gasteiger partial charge >= 0.3 is 0 Å². The zero-order valence-electron chi connectivity index (χ0n) is 12.6. The summed E-state index contributed by atoms with van der Waals surface area (Å²) in [5, 5.41) is 4.13. The first-order valence-corrected chi connectivity index (χ1v) is 7.85. The Bertz CT molecular complexity index is 423. The lowest BCUT2D eigenvalue weighted by Crippen LogP contribution is -2.44. The number of thiocarbonyl (C=S) groups is 1. The lowest BCUT2D eigenvalue weighted by molar-refractivity contribution is 0.0389. The van der Waals surface area contributed by atoms with Gasteiger partial charge in [-0.2, -0.15) is 0 Å². The Labute approximate surface area is 132 Å². The van der Waals surface area contributed by atoms with E-state index in [2.05, 4.69) is 20.1 Å². The number of aromatic nitrogens is 1. The molecule has 5 nitrogen and oxygen atoms in total. The lowest BCUT2D eigenvalue weighted by Gasteiger charge is -2.27. The second-order valence-corrected chi connectivity index (χ2v) is 5.57. The van der Waals surface area contributed by atoms with E-state index in [9.17, 15) is 0 Å². The van der Waals surface area contributed by atoms with Gasteiger partial charge in [0.1, 0.15) is 0 Å². The number of hydrogen-bond donors (Lipinski definition) is 1. The van der Waals surface area contributed by atoms with Crippen LogP contribution in [0.1, 0.15) is 5.69 Å². The summed E-state index contributed by atoms with van der Waals surface area (Å²) in [7, 11) is 2.02. The number of morpholine rings is 1. The highest BCUT2D eigenvalue weighted by atomic mass is 32.1. The van der Waals surface area contributed by atoms with Gasteiger partial charge in [0.25, 0.3) is 0 Å². The fourth-order valence-electron chi connectivity index (χ4n) is 2.21. The second kappa shape index (κ2) is 8.92. The summed E-state index contributed by atoms with van der Waals surface area (Å²) >= 11 is 5.41. The van der Waals surface area contributed by atoms with Crippen molar-refractivity contribution in [2.45, 2.75) is 6.42 Å². The molecule has 0 saturated carbocycles. The van der Waals surface area contributed by atoms with Crippen molar-refractivity contribution in [3.05, 3.63) is 30.1 Å². The number of rotatable bonds is 6. The monoisotopic (exact) mass is 308 g/mol. The number of nitrogens with one attached hydrogen (secondary N) is 1. The van der Waals surface area contributed by atoms with Crippen molar-refractivity contribution < 1.29 is 4.74 Å². The van der Waals surface area contributed by atoms with Crippen LogP contribution in [-0.2, 0) is 11.2 Å². The quantitative estimate of drug-likeness (QED) is 0.783. The molecule has 6 heteroatoms. The van der Waals surface area contributed by atoms with Crippen LogP contribution in [0, 0.1) is 0 Å². The van der Waals surface area contributed by atoms with E-state index in [4.69, 9.17) is 17.0 Å². The van der Waals surface area contributed by atoms with Gasteiger partial charge < -0.3 is 15.0 Å². The lowest BCUT2D eigenvalue weighted by atomic mass is 10.2. The molecule has 2 rings (SSSR count). The van der Waals surface area contributed by atoms with E-state index in [0.717, 1.165) is 63.2 Å². The number of nitrogens with zero attached hydrogens (tertiary/aromatic N) is 3. The molecular weight excluding hydrogens is 284 g/mol. The highest BCUT2D eigenvalue weighted by Gasteiger charge is 2.10. The van der Waals surface area contributed by atoms with Gasteiger partial charge in [0.15, 0.2) is 5.11 Å². The maximum Gasteiger partial charge on any atom is 0.168 e. The molecule has 0 atom stereocenters. The van der Waals surface area contributed by atoms with Crippen LogP contribution in [0.5, 0.6) is 0 Å². The molecule has 0 aliphatic carbocycles. The van der Waals surface area contributed by atoms with E-state index in [1.165, 1.54) is 0 Å². The predicted octanol–water partition coefficient (Wildman–Crippen LogP) is 0.763. The molecular formula is C15H24N4OS. The highest BCUT2D eigenvalue weighted by molar-refractivity contribution is 7.80. The van der Waals surface area contributed by atoms with E-state index in [1.807, 2.05) is 31.4 Å². The molecule has 1 fully saturated rings. The third kappa shape index (κ3) is 5.95. The normalized spacial score (nSPS) is 15.7. The number of hydrogen-bond acceptors (Lipinski definition) is 4. The molecule has 0 amide bonds.